The van der Waals surface area contributed by atoms with Crippen LogP contribution >= 0.6 is 0 Å². The molecule has 14 heavy (non-hydrogen) atoms. The fourth-order valence-corrected chi connectivity index (χ4v) is 1.63. The van der Waals surface area contributed by atoms with E-state index in [4.69, 9.17) is 5.73 Å². The molecule has 0 amide bonds. The Morgan fingerprint density at radius 2 is 1.86 bits per heavy atom. The second-order valence-corrected chi connectivity index (χ2v) is 3.79. The summed E-state index contributed by atoms with van der Waals surface area (Å²) in [4.78, 5) is 2.47. The molecule has 0 rings (SSSR count). The van der Waals surface area contributed by atoms with Gasteiger partial charge in [0.05, 0.1) is 0 Å². The molecular formula is C12H26N2. The van der Waals surface area contributed by atoms with Crippen LogP contribution in [0.3, 0.4) is 0 Å². The second-order valence-electron chi connectivity index (χ2n) is 3.79. The first-order chi connectivity index (χ1) is 6.85. The molecule has 2 N–H and O–H groups in total. The molecule has 0 atom stereocenters. The minimum absolute atomic E-state index is 0.839. The van der Waals surface area contributed by atoms with E-state index in [2.05, 4.69) is 18.4 Å². The predicted octanol–water partition coefficient (Wildman–Crippen LogP) is 2.40. The Hall–Kier alpha value is -0.340. The quantitative estimate of drug-likeness (QED) is 0.431. The van der Waals surface area contributed by atoms with E-state index in [9.17, 15) is 0 Å². The Kier molecular flexibility index (Phi) is 10.5. The zero-order chi connectivity index (χ0) is 10.6. The van der Waals surface area contributed by atoms with Gasteiger partial charge in [-0.1, -0.05) is 25.8 Å². The van der Waals surface area contributed by atoms with Gasteiger partial charge in [0.25, 0.3) is 0 Å². The molecule has 0 bridgehead atoms. The van der Waals surface area contributed by atoms with Crippen molar-refractivity contribution in [1.29, 1.82) is 0 Å². The van der Waals surface area contributed by atoms with Crippen molar-refractivity contribution in [2.24, 2.45) is 5.73 Å². The van der Waals surface area contributed by atoms with Gasteiger partial charge in [-0.3, -0.25) is 4.90 Å². The van der Waals surface area contributed by atoms with Gasteiger partial charge in [-0.05, 0) is 38.9 Å². The highest BCUT2D eigenvalue weighted by Gasteiger charge is 2.00. The largest absolute Gasteiger partial charge is 0.330 e. The summed E-state index contributed by atoms with van der Waals surface area (Å²) >= 11 is 0. The lowest BCUT2D eigenvalue weighted by molar-refractivity contribution is 0.295. The van der Waals surface area contributed by atoms with Crippen molar-refractivity contribution >= 4 is 0 Å². The SMILES string of the molecule is C=CCN(CCC)CCCCCCN. The van der Waals surface area contributed by atoms with Gasteiger partial charge in [-0.2, -0.15) is 0 Å². The van der Waals surface area contributed by atoms with Gasteiger partial charge < -0.3 is 5.73 Å². The van der Waals surface area contributed by atoms with Crippen molar-refractivity contribution in [3.05, 3.63) is 12.7 Å². The molecule has 0 radical (unpaired) electrons. The summed E-state index contributed by atoms with van der Waals surface area (Å²) in [6.45, 7) is 10.3. The molecule has 0 aromatic rings. The lowest BCUT2D eigenvalue weighted by Crippen LogP contribution is -2.25. The summed E-state index contributed by atoms with van der Waals surface area (Å²) in [5.74, 6) is 0. The molecule has 0 saturated heterocycles. The Morgan fingerprint density at radius 1 is 1.14 bits per heavy atom. The maximum absolute atomic E-state index is 5.44. The summed E-state index contributed by atoms with van der Waals surface area (Å²) < 4.78 is 0. The third-order valence-electron chi connectivity index (χ3n) is 2.36. The Labute approximate surface area is 89.2 Å². The first kappa shape index (κ1) is 13.7. The summed E-state index contributed by atoms with van der Waals surface area (Å²) in [5.41, 5.74) is 5.44. The van der Waals surface area contributed by atoms with Crippen LogP contribution in [0.25, 0.3) is 0 Å². The Bertz CT molecular complexity index is 123. The van der Waals surface area contributed by atoms with Crippen LogP contribution < -0.4 is 5.73 Å². The van der Waals surface area contributed by atoms with Crippen LogP contribution in [0, 0.1) is 0 Å². The molecule has 0 aromatic heterocycles. The van der Waals surface area contributed by atoms with Crippen molar-refractivity contribution in [2.75, 3.05) is 26.2 Å². The molecule has 2 nitrogen and oxygen atoms in total. The average molecular weight is 198 g/mol. The zero-order valence-electron chi connectivity index (χ0n) is 9.67. The average Bonchev–Trinajstić information content (AvgIpc) is 2.18. The van der Waals surface area contributed by atoms with E-state index >= 15 is 0 Å². The molecule has 0 spiro atoms. The van der Waals surface area contributed by atoms with Crippen LogP contribution in [0.1, 0.15) is 39.0 Å². The van der Waals surface area contributed by atoms with E-state index in [0.717, 1.165) is 13.1 Å². The first-order valence-electron chi connectivity index (χ1n) is 5.88. The topological polar surface area (TPSA) is 29.3 Å². The monoisotopic (exact) mass is 198 g/mol. The van der Waals surface area contributed by atoms with E-state index in [0.29, 0.717) is 0 Å². The van der Waals surface area contributed by atoms with E-state index in [1.54, 1.807) is 0 Å². The molecule has 0 unspecified atom stereocenters. The fraction of sp³-hybridized carbons (Fsp3) is 0.833. The van der Waals surface area contributed by atoms with Crippen molar-refractivity contribution in [2.45, 2.75) is 39.0 Å². The maximum Gasteiger partial charge on any atom is 0.0160 e. The van der Waals surface area contributed by atoms with E-state index in [-0.39, 0.29) is 0 Å². The molecule has 0 aromatic carbocycles. The molecular weight excluding hydrogens is 172 g/mol. The molecule has 2 heteroatoms. The lowest BCUT2D eigenvalue weighted by atomic mass is 10.2. The molecule has 84 valence electrons. The van der Waals surface area contributed by atoms with Gasteiger partial charge >= 0.3 is 0 Å². The van der Waals surface area contributed by atoms with Crippen LogP contribution in [0.5, 0.6) is 0 Å². The minimum Gasteiger partial charge on any atom is -0.330 e. The van der Waals surface area contributed by atoms with E-state index in [1.165, 1.54) is 45.2 Å². The highest BCUT2D eigenvalue weighted by atomic mass is 15.1. The highest BCUT2D eigenvalue weighted by molar-refractivity contribution is 4.73. The number of hydrogen-bond donors (Lipinski definition) is 1. The number of rotatable bonds is 10. The van der Waals surface area contributed by atoms with Gasteiger partial charge in [-0.25, -0.2) is 0 Å². The summed E-state index contributed by atoms with van der Waals surface area (Å²) in [5, 5.41) is 0. The molecule has 0 fully saturated rings. The third-order valence-corrected chi connectivity index (χ3v) is 2.36. The van der Waals surface area contributed by atoms with Crippen LogP contribution in [-0.4, -0.2) is 31.1 Å². The Morgan fingerprint density at radius 3 is 2.43 bits per heavy atom. The van der Waals surface area contributed by atoms with Crippen molar-refractivity contribution in [3.63, 3.8) is 0 Å². The van der Waals surface area contributed by atoms with Crippen molar-refractivity contribution in [3.8, 4) is 0 Å². The number of nitrogens with two attached hydrogens (primary N) is 1. The smallest absolute Gasteiger partial charge is 0.0160 e. The lowest BCUT2D eigenvalue weighted by Gasteiger charge is -2.19. The first-order valence-corrected chi connectivity index (χ1v) is 5.88. The highest BCUT2D eigenvalue weighted by Crippen LogP contribution is 2.01. The molecule has 0 aliphatic heterocycles. The normalized spacial score (nSPS) is 10.8. The molecule has 0 aliphatic carbocycles. The Balaban J connectivity index is 3.35. The maximum atomic E-state index is 5.44. The van der Waals surface area contributed by atoms with Gasteiger partial charge in [0.1, 0.15) is 0 Å². The number of unbranched alkanes of at least 4 members (excludes halogenated alkanes) is 3. The molecule has 0 saturated carbocycles. The molecule has 0 heterocycles. The molecule has 0 aliphatic rings. The minimum atomic E-state index is 0.839. The van der Waals surface area contributed by atoms with E-state index < -0.39 is 0 Å². The summed E-state index contributed by atoms with van der Waals surface area (Å²) in [7, 11) is 0. The number of hydrogen-bond acceptors (Lipinski definition) is 2. The summed E-state index contributed by atoms with van der Waals surface area (Å²) in [6.07, 6.45) is 8.30. The van der Waals surface area contributed by atoms with Gasteiger partial charge in [-0.15, -0.1) is 6.58 Å². The van der Waals surface area contributed by atoms with Crippen LogP contribution in [-0.2, 0) is 0 Å². The van der Waals surface area contributed by atoms with Crippen LogP contribution in [0.4, 0.5) is 0 Å². The van der Waals surface area contributed by atoms with E-state index in [1.807, 2.05) is 6.08 Å². The van der Waals surface area contributed by atoms with Gasteiger partial charge in [0.2, 0.25) is 0 Å². The van der Waals surface area contributed by atoms with Gasteiger partial charge in [0, 0.05) is 6.54 Å². The van der Waals surface area contributed by atoms with Crippen molar-refractivity contribution < 1.29 is 0 Å². The van der Waals surface area contributed by atoms with Crippen LogP contribution in [0.15, 0.2) is 12.7 Å². The number of nitrogens with zero attached hydrogens (tertiary/aromatic N) is 1. The summed E-state index contributed by atoms with van der Waals surface area (Å²) in [6, 6.07) is 0. The van der Waals surface area contributed by atoms with Crippen molar-refractivity contribution in [1.82, 2.24) is 4.90 Å². The van der Waals surface area contributed by atoms with Gasteiger partial charge in [0.15, 0.2) is 0 Å². The second kappa shape index (κ2) is 10.7. The zero-order valence-corrected chi connectivity index (χ0v) is 9.67. The third kappa shape index (κ3) is 8.27. The fourth-order valence-electron chi connectivity index (χ4n) is 1.63. The van der Waals surface area contributed by atoms with Crippen LogP contribution in [0.2, 0.25) is 0 Å². The standard InChI is InChI=1S/C12H26N2/c1-3-10-14(11-4-2)12-8-6-5-7-9-13/h3H,1,4-13H2,2H3. The predicted molar refractivity (Wildman–Crippen MR) is 64.5 cm³/mol.